The lowest BCUT2D eigenvalue weighted by Crippen LogP contribution is -2.27. The standard InChI is InChI=1S/C14H18N2O2S/c1-8(2)7-15-14(17)12-11(18-4)6-5-10-13(12)19-9(3)16-10/h5-6,8H,7H2,1-4H3,(H,15,17). The number of carbonyl (C=O) groups is 1. The first-order chi connectivity index (χ1) is 9.02. The number of nitrogens with zero attached hydrogens (tertiary/aromatic N) is 1. The second-order valence-corrected chi connectivity index (χ2v) is 6.03. The van der Waals surface area contributed by atoms with E-state index < -0.39 is 0 Å². The first kappa shape index (κ1) is 13.8. The lowest BCUT2D eigenvalue weighted by Gasteiger charge is -2.11. The van der Waals surface area contributed by atoms with Gasteiger partial charge >= 0.3 is 0 Å². The van der Waals surface area contributed by atoms with Crippen LogP contribution in [0.25, 0.3) is 10.2 Å². The maximum absolute atomic E-state index is 12.3. The molecule has 0 saturated carbocycles. The zero-order chi connectivity index (χ0) is 14.0. The molecule has 4 nitrogen and oxygen atoms in total. The predicted octanol–water partition coefficient (Wildman–Crippen LogP) is 3.00. The Bertz CT molecular complexity index is 605. The van der Waals surface area contributed by atoms with Crippen molar-refractivity contribution >= 4 is 27.5 Å². The fraction of sp³-hybridized carbons (Fsp3) is 0.429. The Morgan fingerprint density at radius 1 is 1.47 bits per heavy atom. The van der Waals surface area contributed by atoms with Gasteiger partial charge in [0.1, 0.15) is 11.3 Å². The van der Waals surface area contributed by atoms with E-state index in [0.29, 0.717) is 23.8 Å². The zero-order valence-electron chi connectivity index (χ0n) is 11.6. The summed E-state index contributed by atoms with van der Waals surface area (Å²) < 4.78 is 6.20. The molecule has 0 saturated heterocycles. The first-order valence-corrected chi connectivity index (χ1v) is 7.07. The van der Waals surface area contributed by atoms with Crippen LogP contribution in [0.2, 0.25) is 0 Å². The van der Waals surface area contributed by atoms with Crippen LogP contribution >= 0.6 is 11.3 Å². The molecule has 1 amide bonds. The molecule has 0 spiro atoms. The predicted molar refractivity (Wildman–Crippen MR) is 78.1 cm³/mol. The van der Waals surface area contributed by atoms with Crippen LogP contribution in [0.5, 0.6) is 5.75 Å². The van der Waals surface area contributed by atoms with E-state index in [-0.39, 0.29) is 5.91 Å². The van der Waals surface area contributed by atoms with Gasteiger partial charge in [0.25, 0.3) is 5.91 Å². The average molecular weight is 278 g/mol. The molecule has 1 heterocycles. The number of methoxy groups -OCH3 is 1. The van der Waals surface area contributed by atoms with E-state index >= 15 is 0 Å². The molecular formula is C14H18N2O2S. The van der Waals surface area contributed by atoms with Crippen molar-refractivity contribution in [2.24, 2.45) is 5.92 Å². The minimum atomic E-state index is -0.0974. The van der Waals surface area contributed by atoms with E-state index in [9.17, 15) is 4.79 Å². The van der Waals surface area contributed by atoms with Crippen molar-refractivity contribution in [3.8, 4) is 5.75 Å². The van der Waals surface area contributed by atoms with Crippen LogP contribution in [0.1, 0.15) is 29.2 Å². The number of thiazole rings is 1. The van der Waals surface area contributed by atoms with Gasteiger partial charge < -0.3 is 10.1 Å². The van der Waals surface area contributed by atoms with E-state index in [1.807, 2.05) is 13.0 Å². The van der Waals surface area contributed by atoms with Gasteiger partial charge in [-0.2, -0.15) is 0 Å². The quantitative estimate of drug-likeness (QED) is 0.935. The molecule has 0 fully saturated rings. The van der Waals surface area contributed by atoms with Crippen LogP contribution < -0.4 is 10.1 Å². The molecule has 0 aliphatic heterocycles. The Morgan fingerprint density at radius 3 is 2.84 bits per heavy atom. The third kappa shape index (κ3) is 2.87. The van der Waals surface area contributed by atoms with E-state index in [2.05, 4.69) is 24.1 Å². The highest BCUT2D eigenvalue weighted by atomic mass is 32.1. The molecule has 0 radical (unpaired) electrons. The smallest absolute Gasteiger partial charge is 0.256 e. The van der Waals surface area contributed by atoms with Gasteiger partial charge in [0.2, 0.25) is 0 Å². The molecule has 102 valence electrons. The summed E-state index contributed by atoms with van der Waals surface area (Å²) in [5.41, 5.74) is 1.43. The summed E-state index contributed by atoms with van der Waals surface area (Å²) in [6.07, 6.45) is 0. The van der Waals surface area contributed by atoms with Crippen molar-refractivity contribution in [2.45, 2.75) is 20.8 Å². The minimum Gasteiger partial charge on any atom is -0.496 e. The average Bonchev–Trinajstić information content (AvgIpc) is 2.74. The first-order valence-electron chi connectivity index (χ1n) is 6.25. The van der Waals surface area contributed by atoms with E-state index in [1.54, 1.807) is 13.2 Å². The summed E-state index contributed by atoms with van der Waals surface area (Å²) in [5.74, 6) is 0.912. The van der Waals surface area contributed by atoms with E-state index in [1.165, 1.54) is 11.3 Å². The summed E-state index contributed by atoms with van der Waals surface area (Å²) in [5, 5.41) is 3.88. The van der Waals surface area contributed by atoms with Gasteiger partial charge in [-0.05, 0) is 25.0 Å². The fourth-order valence-electron chi connectivity index (χ4n) is 1.86. The Hall–Kier alpha value is -1.62. The largest absolute Gasteiger partial charge is 0.496 e. The number of hydrogen-bond donors (Lipinski definition) is 1. The molecule has 2 rings (SSSR count). The molecule has 19 heavy (non-hydrogen) atoms. The number of ether oxygens (including phenoxy) is 1. The number of aromatic nitrogens is 1. The van der Waals surface area contributed by atoms with Gasteiger partial charge in [-0.15, -0.1) is 11.3 Å². The summed E-state index contributed by atoms with van der Waals surface area (Å²) in [6.45, 7) is 6.72. The van der Waals surface area contributed by atoms with Crippen LogP contribution in [0, 0.1) is 12.8 Å². The zero-order valence-corrected chi connectivity index (χ0v) is 12.4. The van der Waals surface area contributed by atoms with Crippen LogP contribution in [0.15, 0.2) is 12.1 Å². The molecular weight excluding hydrogens is 260 g/mol. The lowest BCUT2D eigenvalue weighted by molar-refractivity contribution is 0.0948. The number of amides is 1. The highest BCUT2D eigenvalue weighted by Gasteiger charge is 2.18. The SMILES string of the molecule is COc1ccc2nc(C)sc2c1C(=O)NCC(C)C. The van der Waals surface area contributed by atoms with Crippen molar-refractivity contribution in [1.29, 1.82) is 0 Å². The van der Waals surface area contributed by atoms with Crippen molar-refractivity contribution in [3.05, 3.63) is 22.7 Å². The molecule has 1 N–H and O–H groups in total. The van der Waals surface area contributed by atoms with Gasteiger partial charge in [0.05, 0.1) is 22.3 Å². The summed E-state index contributed by atoms with van der Waals surface area (Å²) in [7, 11) is 1.58. The number of rotatable bonds is 4. The highest BCUT2D eigenvalue weighted by Crippen LogP contribution is 2.32. The van der Waals surface area contributed by atoms with Crippen LogP contribution in [-0.4, -0.2) is 24.5 Å². The lowest BCUT2D eigenvalue weighted by atomic mass is 10.1. The van der Waals surface area contributed by atoms with Crippen molar-refractivity contribution in [1.82, 2.24) is 10.3 Å². The van der Waals surface area contributed by atoms with Crippen molar-refractivity contribution in [3.63, 3.8) is 0 Å². The number of carbonyl (C=O) groups excluding carboxylic acids is 1. The van der Waals surface area contributed by atoms with Crippen molar-refractivity contribution in [2.75, 3.05) is 13.7 Å². The number of fused-ring (bicyclic) bond motifs is 1. The molecule has 2 aromatic rings. The Balaban J connectivity index is 2.46. The Labute approximate surface area is 116 Å². The molecule has 0 aliphatic carbocycles. The minimum absolute atomic E-state index is 0.0974. The number of benzene rings is 1. The molecule has 5 heteroatoms. The second-order valence-electron chi connectivity index (χ2n) is 4.83. The number of nitrogens with one attached hydrogen (secondary N) is 1. The Kier molecular flexibility index (Phi) is 4.04. The van der Waals surface area contributed by atoms with Crippen LogP contribution in [-0.2, 0) is 0 Å². The van der Waals surface area contributed by atoms with Gasteiger partial charge in [0, 0.05) is 6.54 Å². The monoisotopic (exact) mass is 278 g/mol. The molecule has 0 aliphatic rings. The van der Waals surface area contributed by atoms with Gasteiger partial charge in [-0.1, -0.05) is 13.8 Å². The third-order valence-electron chi connectivity index (χ3n) is 2.74. The van der Waals surface area contributed by atoms with Gasteiger partial charge in [-0.3, -0.25) is 4.79 Å². The van der Waals surface area contributed by atoms with Crippen LogP contribution in [0.3, 0.4) is 0 Å². The highest BCUT2D eigenvalue weighted by molar-refractivity contribution is 7.19. The van der Waals surface area contributed by atoms with Crippen LogP contribution in [0.4, 0.5) is 0 Å². The maximum Gasteiger partial charge on any atom is 0.256 e. The molecule has 1 aromatic carbocycles. The van der Waals surface area contributed by atoms with E-state index in [0.717, 1.165) is 15.2 Å². The summed E-state index contributed by atoms with van der Waals surface area (Å²) in [6, 6.07) is 3.68. The number of hydrogen-bond acceptors (Lipinski definition) is 4. The Morgan fingerprint density at radius 2 is 2.21 bits per heavy atom. The second kappa shape index (κ2) is 5.57. The topological polar surface area (TPSA) is 51.2 Å². The van der Waals surface area contributed by atoms with Gasteiger partial charge in [0.15, 0.2) is 0 Å². The third-order valence-corrected chi connectivity index (χ3v) is 3.75. The van der Waals surface area contributed by atoms with Crippen molar-refractivity contribution < 1.29 is 9.53 Å². The van der Waals surface area contributed by atoms with E-state index in [4.69, 9.17) is 4.74 Å². The maximum atomic E-state index is 12.3. The summed E-state index contributed by atoms with van der Waals surface area (Å²) >= 11 is 1.52. The fourth-order valence-corrected chi connectivity index (χ4v) is 2.81. The molecule has 0 bridgehead atoms. The normalized spacial score (nSPS) is 11.0. The number of aryl methyl sites for hydroxylation is 1. The van der Waals surface area contributed by atoms with Gasteiger partial charge in [-0.25, -0.2) is 4.98 Å². The summed E-state index contributed by atoms with van der Waals surface area (Å²) in [4.78, 5) is 16.7. The molecule has 0 unspecified atom stereocenters. The molecule has 0 atom stereocenters. The molecule has 1 aromatic heterocycles.